The van der Waals surface area contributed by atoms with Gasteiger partial charge < -0.3 is 4.90 Å². The fourth-order valence-corrected chi connectivity index (χ4v) is 5.28. The van der Waals surface area contributed by atoms with Crippen LogP contribution in [0.2, 0.25) is 0 Å². The van der Waals surface area contributed by atoms with Gasteiger partial charge in [-0.2, -0.15) is 0 Å². The molecule has 23 heavy (non-hydrogen) atoms. The molecule has 0 aliphatic carbocycles. The Labute approximate surface area is 143 Å². The average Bonchev–Trinajstić information content (AvgIpc) is 2.87. The molecule has 1 atom stereocenters. The molecule has 0 bridgehead atoms. The largest absolute Gasteiger partial charge is 0.336 e. The second kappa shape index (κ2) is 6.49. The van der Waals surface area contributed by atoms with Crippen molar-refractivity contribution in [2.45, 2.75) is 12.5 Å². The first-order valence-electron chi connectivity index (χ1n) is 7.54. The summed E-state index contributed by atoms with van der Waals surface area (Å²) in [5.41, 5.74) is 0.0742. The zero-order valence-corrected chi connectivity index (χ0v) is 14.9. The van der Waals surface area contributed by atoms with Gasteiger partial charge in [0.05, 0.1) is 17.1 Å². The van der Waals surface area contributed by atoms with Gasteiger partial charge in [0, 0.05) is 36.7 Å². The molecule has 2 aliphatic rings. The van der Waals surface area contributed by atoms with E-state index in [0.717, 1.165) is 0 Å². The fourth-order valence-electron chi connectivity index (χ4n) is 3.19. The van der Waals surface area contributed by atoms with Gasteiger partial charge in [0.2, 0.25) is 0 Å². The van der Waals surface area contributed by atoms with Crippen molar-refractivity contribution >= 4 is 31.7 Å². The number of carbonyl (C=O) groups excluding carboxylic acids is 1. The van der Waals surface area contributed by atoms with Gasteiger partial charge in [0.25, 0.3) is 5.91 Å². The standard InChI is InChI=1S/C15H18BrFN2O3S/c16-11-1-2-13(14(17)9-11)15(20)19-6-4-18(5-7-19)12-3-8-23(21,22)10-12/h1-2,9,12H,3-8,10H2/t12-/m1/s1. The summed E-state index contributed by atoms with van der Waals surface area (Å²) in [4.78, 5) is 16.2. The molecular formula is C15H18BrFN2O3S. The molecule has 8 heteroatoms. The maximum atomic E-state index is 13.9. The number of hydrogen-bond donors (Lipinski definition) is 0. The van der Waals surface area contributed by atoms with Crippen LogP contribution in [0.5, 0.6) is 0 Å². The van der Waals surface area contributed by atoms with E-state index in [-0.39, 0.29) is 29.0 Å². The van der Waals surface area contributed by atoms with E-state index in [0.29, 0.717) is 37.1 Å². The van der Waals surface area contributed by atoms with Gasteiger partial charge in [-0.25, -0.2) is 12.8 Å². The number of carbonyl (C=O) groups is 1. The number of rotatable bonds is 2. The van der Waals surface area contributed by atoms with E-state index in [1.165, 1.54) is 12.1 Å². The highest BCUT2D eigenvalue weighted by Crippen LogP contribution is 2.21. The molecule has 1 aromatic carbocycles. The second-order valence-corrected chi connectivity index (χ2v) is 9.15. The van der Waals surface area contributed by atoms with Gasteiger partial charge >= 0.3 is 0 Å². The number of piperazine rings is 1. The lowest BCUT2D eigenvalue weighted by Crippen LogP contribution is -2.52. The first-order valence-corrected chi connectivity index (χ1v) is 10.2. The predicted octanol–water partition coefficient (Wildman–Crippen LogP) is 1.53. The zero-order chi connectivity index (χ0) is 16.6. The zero-order valence-electron chi connectivity index (χ0n) is 12.5. The molecular weight excluding hydrogens is 387 g/mol. The number of benzene rings is 1. The Bertz CT molecular complexity index is 717. The van der Waals surface area contributed by atoms with E-state index in [1.807, 2.05) is 0 Å². The van der Waals surface area contributed by atoms with Crippen LogP contribution in [0.15, 0.2) is 22.7 Å². The van der Waals surface area contributed by atoms with E-state index in [1.54, 1.807) is 11.0 Å². The molecule has 1 aromatic rings. The van der Waals surface area contributed by atoms with Crippen LogP contribution in [0.1, 0.15) is 16.8 Å². The van der Waals surface area contributed by atoms with Crippen molar-refractivity contribution in [2.24, 2.45) is 0 Å². The van der Waals surface area contributed by atoms with E-state index in [9.17, 15) is 17.6 Å². The molecule has 5 nitrogen and oxygen atoms in total. The Balaban J connectivity index is 1.61. The van der Waals surface area contributed by atoms with Gasteiger partial charge in [0.15, 0.2) is 9.84 Å². The molecule has 0 saturated carbocycles. The molecule has 0 spiro atoms. The summed E-state index contributed by atoms with van der Waals surface area (Å²) >= 11 is 3.18. The molecule has 3 rings (SSSR count). The van der Waals surface area contributed by atoms with Crippen molar-refractivity contribution in [3.05, 3.63) is 34.1 Å². The van der Waals surface area contributed by atoms with Crippen molar-refractivity contribution in [3.63, 3.8) is 0 Å². The quantitative estimate of drug-likeness (QED) is 0.749. The van der Waals surface area contributed by atoms with Crippen molar-refractivity contribution in [3.8, 4) is 0 Å². The molecule has 2 saturated heterocycles. The fraction of sp³-hybridized carbons (Fsp3) is 0.533. The first-order chi connectivity index (χ1) is 10.9. The lowest BCUT2D eigenvalue weighted by atomic mass is 10.1. The van der Waals surface area contributed by atoms with Crippen LogP contribution < -0.4 is 0 Å². The van der Waals surface area contributed by atoms with Crippen LogP contribution in [-0.2, 0) is 9.84 Å². The smallest absolute Gasteiger partial charge is 0.256 e. The number of hydrogen-bond acceptors (Lipinski definition) is 4. The maximum Gasteiger partial charge on any atom is 0.256 e. The predicted molar refractivity (Wildman–Crippen MR) is 88.6 cm³/mol. The molecule has 2 aliphatic heterocycles. The topological polar surface area (TPSA) is 57.7 Å². The van der Waals surface area contributed by atoms with Crippen molar-refractivity contribution in [1.82, 2.24) is 9.80 Å². The Hall–Kier alpha value is -0.990. The van der Waals surface area contributed by atoms with E-state index >= 15 is 0 Å². The molecule has 0 aromatic heterocycles. The summed E-state index contributed by atoms with van der Waals surface area (Å²) in [5.74, 6) is -0.384. The van der Waals surface area contributed by atoms with Gasteiger partial charge in [-0.3, -0.25) is 9.69 Å². The second-order valence-electron chi connectivity index (χ2n) is 6.01. The minimum absolute atomic E-state index is 0.0571. The van der Waals surface area contributed by atoms with Gasteiger partial charge in [0.1, 0.15) is 5.82 Å². The summed E-state index contributed by atoms with van der Waals surface area (Å²) < 4.78 is 37.6. The van der Waals surface area contributed by atoms with Gasteiger partial charge in [-0.15, -0.1) is 0 Å². The van der Waals surface area contributed by atoms with Gasteiger partial charge in [-0.05, 0) is 24.6 Å². The highest BCUT2D eigenvalue weighted by Gasteiger charge is 2.34. The SMILES string of the molecule is O=C(c1ccc(Br)cc1F)N1CCN([C@@H]2CCS(=O)(=O)C2)CC1. The Morgan fingerprint density at radius 2 is 1.91 bits per heavy atom. The minimum Gasteiger partial charge on any atom is -0.336 e. The molecule has 0 radical (unpaired) electrons. The van der Waals surface area contributed by atoms with E-state index in [4.69, 9.17) is 0 Å². The third-order valence-electron chi connectivity index (χ3n) is 4.49. The third kappa shape index (κ3) is 3.75. The van der Waals surface area contributed by atoms with Crippen LogP contribution in [0.25, 0.3) is 0 Å². The lowest BCUT2D eigenvalue weighted by molar-refractivity contribution is 0.0583. The van der Waals surface area contributed by atoms with Crippen molar-refractivity contribution in [1.29, 1.82) is 0 Å². The summed E-state index contributed by atoms with van der Waals surface area (Å²) in [6.45, 7) is 2.24. The lowest BCUT2D eigenvalue weighted by Gasteiger charge is -2.37. The molecule has 126 valence electrons. The number of amides is 1. The van der Waals surface area contributed by atoms with Crippen LogP contribution in [0, 0.1) is 5.82 Å². The van der Waals surface area contributed by atoms with Crippen molar-refractivity contribution in [2.75, 3.05) is 37.7 Å². The maximum absolute atomic E-state index is 13.9. The highest BCUT2D eigenvalue weighted by molar-refractivity contribution is 9.10. The summed E-state index contributed by atoms with van der Waals surface area (Å²) in [5, 5.41) is 0. The average molecular weight is 405 g/mol. The Morgan fingerprint density at radius 3 is 2.48 bits per heavy atom. The normalized spacial score (nSPS) is 24.8. The molecule has 2 heterocycles. The van der Waals surface area contributed by atoms with E-state index in [2.05, 4.69) is 20.8 Å². The number of halogens is 2. The number of nitrogens with zero attached hydrogens (tertiary/aromatic N) is 2. The van der Waals surface area contributed by atoms with Gasteiger partial charge in [-0.1, -0.05) is 15.9 Å². The van der Waals surface area contributed by atoms with Crippen LogP contribution in [-0.4, -0.2) is 67.9 Å². The molecule has 0 unspecified atom stereocenters. The molecule has 1 amide bonds. The summed E-state index contributed by atoms with van der Waals surface area (Å²) in [7, 11) is -2.90. The summed E-state index contributed by atoms with van der Waals surface area (Å²) in [6, 6.07) is 4.47. The highest BCUT2D eigenvalue weighted by atomic mass is 79.9. The molecule has 2 fully saturated rings. The van der Waals surface area contributed by atoms with Crippen LogP contribution >= 0.6 is 15.9 Å². The van der Waals surface area contributed by atoms with Crippen LogP contribution in [0.4, 0.5) is 4.39 Å². The van der Waals surface area contributed by atoms with E-state index < -0.39 is 15.7 Å². The third-order valence-corrected chi connectivity index (χ3v) is 6.73. The molecule has 0 N–H and O–H groups in total. The Kier molecular flexibility index (Phi) is 4.75. The summed E-state index contributed by atoms with van der Waals surface area (Å²) in [6.07, 6.45) is 0.664. The van der Waals surface area contributed by atoms with Crippen LogP contribution in [0.3, 0.4) is 0 Å². The monoisotopic (exact) mass is 404 g/mol. The Morgan fingerprint density at radius 1 is 1.22 bits per heavy atom. The minimum atomic E-state index is -2.90. The number of sulfone groups is 1. The van der Waals surface area contributed by atoms with Crippen molar-refractivity contribution < 1.29 is 17.6 Å². The first kappa shape index (κ1) is 16.9.